The van der Waals surface area contributed by atoms with Crippen molar-refractivity contribution in [1.29, 1.82) is 0 Å². The molecule has 3 heterocycles. The quantitative estimate of drug-likeness (QED) is 0.787. The molecule has 4 rings (SSSR count). The van der Waals surface area contributed by atoms with Crippen molar-refractivity contribution in [3.8, 4) is 0 Å². The lowest BCUT2D eigenvalue weighted by Gasteiger charge is -2.31. The monoisotopic (exact) mass is 346 g/mol. The van der Waals surface area contributed by atoms with E-state index < -0.39 is 0 Å². The Labute approximate surface area is 144 Å². The minimum absolute atomic E-state index is 0.104. The lowest BCUT2D eigenvalue weighted by atomic mass is 10.2. The number of imidazole rings is 1. The maximum Gasteiger partial charge on any atom is 0.180 e. The SMILES string of the molecule is Cc1nc(C2CN(Cc3nc4cc(Cl)ccc4n3C)CCO2)n[nH]1. The van der Waals surface area contributed by atoms with Crippen LogP contribution in [0.25, 0.3) is 11.0 Å². The molecule has 24 heavy (non-hydrogen) atoms. The number of nitrogens with zero attached hydrogens (tertiary/aromatic N) is 5. The molecular weight excluding hydrogens is 328 g/mol. The van der Waals surface area contributed by atoms with E-state index >= 15 is 0 Å². The van der Waals surface area contributed by atoms with Gasteiger partial charge in [-0.05, 0) is 25.1 Å². The fourth-order valence-electron chi connectivity index (χ4n) is 3.07. The van der Waals surface area contributed by atoms with Gasteiger partial charge in [0, 0.05) is 25.2 Å². The second-order valence-corrected chi connectivity index (χ2v) is 6.53. The summed E-state index contributed by atoms with van der Waals surface area (Å²) < 4.78 is 7.94. The maximum atomic E-state index is 6.07. The molecule has 126 valence electrons. The summed E-state index contributed by atoms with van der Waals surface area (Å²) in [7, 11) is 2.04. The van der Waals surface area contributed by atoms with E-state index in [0.29, 0.717) is 17.5 Å². The summed E-state index contributed by atoms with van der Waals surface area (Å²) in [5.74, 6) is 2.53. The van der Waals surface area contributed by atoms with Crippen molar-refractivity contribution in [3.63, 3.8) is 0 Å². The summed E-state index contributed by atoms with van der Waals surface area (Å²) in [6.07, 6.45) is -0.104. The minimum atomic E-state index is -0.104. The molecule has 1 unspecified atom stereocenters. The van der Waals surface area contributed by atoms with Gasteiger partial charge in [0.1, 0.15) is 17.8 Å². The van der Waals surface area contributed by atoms with Crippen molar-refractivity contribution < 1.29 is 4.74 Å². The summed E-state index contributed by atoms with van der Waals surface area (Å²) in [6, 6.07) is 5.80. The number of H-pyrrole nitrogens is 1. The van der Waals surface area contributed by atoms with Crippen LogP contribution in [0.15, 0.2) is 18.2 Å². The molecule has 8 heteroatoms. The third-order valence-corrected chi connectivity index (χ3v) is 4.59. The Morgan fingerprint density at radius 1 is 1.38 bits per heavy atom. The average Bonchev–Trinajstić information content (AvgIpc) is 3.12. The zero-order valence-electron chi connectivity index (χ0n) is 13.7. The smallest absolute Gasteiger partial charge is 0.180 e. The Balaban J connectivity index is 1.53. The topological polar surface area (TPSA) is 71.9 Å². The number of fused-ring (bicyclic) bond motifs is 1. The number of halogens is 1. The molecule has 0 radical (unpaired) electrons. The van der Waals surface area contributed by atoms with Gasteiger partial charge in [-0.3, -0.25) is 10.00 Å². The summed E-state index contributed by atoms with van der Waals surface area (Å²) in [4.78, 5) is 11.4. The number of rotatable bonds is 3. The number of aromatic amines is 1. The molecule has 1 aliphatic heterocycles. The molecule has 0 saturated carbocycles. The normalized spacial score (nSPS) is 19.2. The largest absolute Gasteiger partial charge is 0.367 e. The second kappa shape index (κ2) is 6.16. The Morgan fingerprint density at radius 2 is 2.25 bits per heavy atom. The number of hydrogen-bond acceptors (Lipinski definition) is 5. The van der Waals surface area contributed by atoms with Gasteiger partial charge >= 0.3 is 0 Å². The molecule has 3 aromatic rings. The number of nitrogens with one attached hydrogen (secondary N) is 1. The maximum absolute atomic E-state index is 6.07. The summed E-state index contributed by atoms with van der Waals surface area (Å²) in [6.45, 7) is 4.92. The fourth-order valence-corrected chi connectivity index (χ4v) is 3.24. The standard InChI is InChI=1S/C16H19ClN6O/c1-10-18-16(21-20-10)14-8-23(5-6-24-14)9-15-19-12-7-11(17)3-4-13(12)22(15)2/h3-4,7,14H,5-6,8-9H2,1-2H3,(H,18,20,21). The first kappa shape index (κ1) is 15.6. The van der Waals surface area contributed by atoms with Crippen LogP contribution in [-0.2, 0) is 18.3 Å². The van der Waals surface area contributed by atoms with E-state index in [4.69, 9.17) is 21.3 Å². The molecule has 0 spiro atoms. The van der Waals surface area contributed by atoms with Crippen molar-refractivity contribution >= 4 is 22.6 Å². The first-order valence-electron chi connectivity index (χ1n) is 7.94. The van der Waals surface area contributed by atoms with Gasteiger partial charge in [-0.2, -0.15) is 5.10 Å². The van der Waals surface area contributed by atoms with Gasteiger partial charge < -0.3 is 9.30 Å². The molecule has 0 aliphatic carbocycles. The zero-order chi connectivity index (χ0) is 16.7. The predicted molar refractivity (Wildman–Crippen MR) is 90.8 cm³/mol. The molecule has 1 atom stereocenters. The highest BCUT2D eigenvalue weighted by Gasteiger charge is 2.26. The summed E-state index contributed by atoms with van der Waals surface area (Å²) in [5, 5.41) is 7.80. The molecule has 7 nitrogen and oxygen atoms in total. The van der Waals surface area contributed by atoms with Crippen LogP contribution >= 0.6 is 11.6 Å². The summed E-state index contributed by atoms with van der Waals surface area (Å²) >= 11 is 6.07. The number of hydrogen-bond donors (Lipinski definition) is 1. The molecule has 1 aromatic carbocycles. The molecule has 1 N–H and O–H groups in total. The molecular formula is C16H19ClN6O. The van der Waals surface area contributed by atoms with Crippen molar-refractivity contribution in [2.45, 2.75) is 19.6 Å². The van der Waals surface area contributed by atoms with Crippen molar-refractivity contribution in [2.24, 2.45) is 7.05 Å². The Hall–Kier alpha value is -1.96. The van der Waals surface area contributed by atoms with E-state index in [2.05, 4.69) is 24.6 Å². The summed E-state index contributed by atoms with van der Waals surface area (Å²) in [5.41, 5.74) is 2.01. The van der Waals surface area contributed by atoms with Crippen LogP contribution in [0.1, 0.15) is 23.6 Å². The van der Waals surface area contributed by atoms with Gasteiger partial charge in [-0.25, -0.2) is 9.97 Å². The minimum Gasteiger partial charge on any atom is -0.367 e. The van der Waals surface area contributed by atoms with Crippen molar-refractivity contribution in [1.82, 2.24) is 29.6 Å². The van der Waals surface area contributed by atoms with Gasteiger partial charge in [0.15, 0.2) is 5.82 Å². The molecule has 0 amide bonds. The van der Waals surface area contributed by atoms with Gasteiger partial charge in [0.2, 0.25) is 0 Å². The van der Waals surface area contributed by atoms with Crippen LogP contribution in [-0.4, -0.2) is 49.3 Å². The van der Waals surface area contributed by atoms with Gasteiger partial charge in [-0.1, -0.05) is 11.6 Å². The van der Waals surface area contributed by atoms with Crippen LogP contribution in [0, 0.1) is 6.92 Å². The molecule has 1 saturated heterocycles. The first-order valence-corrected chi connectivity index (χ1v) is 8.31. The van der Waals surface area contributed by atoms with Crippen molar-refractivity contribution in [2.75, 3.05) is 19.7 Å². The molecule has 1 fully saturated rings. The Morgan fingerprint density at radius 3 is 3.04 bits per heavy atom. The van der Waals surface area contributed by atoms with Crippen LogP contribution in [0.5, 0.6) is 0 Å². The van der Waals surface area contributed by atoms with Crippen LogP contribution in [0.2, 0.25) is 5.02 Å². The number of aromatic nitrogens is 5. The fraction of sp³-hybridized carbons (Fsp3) is 0.438. The highest BCUT2D eigenvalue weighted by molar-refractivity contribution is 6.31. The van der Waals surface area contributed by atoms with E-state index in [1.54, 1.807) is 0 Å². The highest BCUT2D eigenvalue weighted by atomic mass is 35.5. The second-order valence-electron chi connectivity index (χ2n) is 6.09. The van der Waals surface area contributed by atoms with Gasteiger partial charge in [0.05, 0.1) is 24.2 Å². The van der Waals surface area contributed by atoms with E-state index in [-0.39, 0.29) is 6.10 Å². The lowest BCUT2D eigenvalue weighted by molar-refractivity contribution is -0.0379. The van der Waals surface area contributed by atoms with Gasteiger partial charge in [-0.15, -0.1) is 0 Å². The molecule has 2 aromatic heterocycles. The molecule has 0 bridgehead atoms. The lowest BCUT2D eigenvalue weighted by Crippen LogP contribution is -2.38. The number of benzene rings is 1. The van der Waals surface area contributed by atoms with Crippen LogP contribution in [0.4, 0.5) is 0 Å². The van der Waals surface area contributed by atoms with Crippen LogP contribution < -0.4 is 0 Å². The van der Waals surface area contributed by atoms with Gasteiger partial charge in [0.25, 0.3) is 0 Å². The number of morpholine rings is 1. The van der Waals surface area contributed by atoms with E-state index in [1.165, 1.54) is 0 Å². The Kier molecular flexibility index (Phi) is 3.99. The predicted octanol–water partition coefficient (Wildman–Crippen LogP) is 2.23. The number of aryl methyl sites for hydroxylation is 2. The first-order chi connectivity index (χ1) is 11.6. The van der Waals surface area contributed by atoms with E-state index in [1.807, 2.05) is 32.2 Å². The van der Waals surface area contributed by atoms with Crippen molar-refractivity contribution in [3.05, 3.63) is 40.7 Å². The average molecular weight is 347 g/mol. The van der Waals surface area contributed by atoms with Crippen LogP contribution in [0.3, 0.4) is 0 Å². The molecule has 1 aliphatic rings. The third kappa shape index (κ3) is 2.90. The Bertz CT molecular complexity index is 873. The zero-order valence-corrected chi connectivity index (χ0v) is 14.4. The highest BCUT2D eigenvalue weighted by Crippen LogP contribution is 2.23. The van der Waals surface area contributed by atoms with E-state index in [9.17, 15) is 0 Å². The number of ether oxygens (including phenoxy) is 1. The van der Waals surface area contributed by atoms with E-state index in [0.717, 1.165) is 42.3 Å². The third-order valence-electron chi connectivity index (χ3n) is 4.35.